The number of anilines is 1. The quantitative estimate of drug-likeness (QED) is 0.740. The number of nitrogens with one attached hydrogen (secondary N) is 1. The summed E-state index contributed by atoms with van der Waals surface area (Å²) in [6.07, 6.45) is 12.1. The number of carbonyl (C=O) groups is 1. The Balaban J connectivity index is 1.69. The van der Waals surface area contributed by atoms with Gasteiger partial charge in [-0.2, -0.15) is 5.10 Å². The number of carbonyl (C=O) groups excluding carboxylic acids is 1. The molecule has 3 heterocycles. The zero-order valence-corrected chi connectivity index (χ0v) is 18.6. The van der Waals surface area contributed by atoms with E-state index in [2.05, 4.69) is 29.2 Å². The van der Waals surface area contributed by atoms with Crippen LogP contribution in [0.2, 0.25) is 0 Å². The molecule has 0 aromatic carbocycles. The zero-order valence-electron chi connectivity index (χ0n) is 18.6. The molecular weight excluding hydrogens is 378 g/mol. The number of likely N-dealkylation sites (tertiary alicyclic amines) is 1. The highest BCUT2D eigenvalue weighted by atomic mass is 16.5. The molecule has 1 amide bonds. The predicted molar refractivity (Wildman–Crippen MR) is 119 cm³/mol. The average molecular weight is 414 g/mol. The normalized spacial score (nSPS) is 21.3. The first-order valence-corrected chi connectivity index (χ1v) is 11.5. The van der Waals surface area contributed by atoms with Crippen LogP contribution in [0.1, 0.15) is 69.2 Å². The molecule has 2 aromatic rings. The third-order valence-corrected chi connectivity index (χ3v) is 6.92. The lowest BCUT2D eigenvalue weighted by molar-refractivity contribution is 0.0631. The van der Waals surface area contributed by atoms with Crippen LogP contribution in [0.25, 0.3) is 11.0 Å². The number of nitrogens with zero attached hydrogens (tertiary/aromatic N) is 4. The standard InChI is InChI=1S/C23H35N5O2/c1-4-28-22-19(14-25-28)21(26-16(2)17-9-6-5-7-10-17)20(13-24-22)23(29)27-12-8-11-18(27)15-30-3/h13-14,16-18H,4-12,15H2,1-3H3,(H,24,26)/t16-,18+/m1/s1. The number of aryl methyl sites for hydroxylation is 1. The second-order valence-corrected chi connectivity index (χ2v) is 8.83. The van der Waals surface area contributed by atoms with Gasteiger partial charge < -0.3 is 15.0 Å². The van der Waals surface area contributed by atoms with E-state index in [1.807, 2.05) is 15.8 Å². The Labute approximate surface area is 179 Å². The molecular formula is C23H35N5O2. The van der Waals surface area contributed by atoms with E-state index in [1.165, 1.54) is 32.1 Å². The fourth-order valence-corrected chi connectivity index (χ4v) is 5.18. The molecule has 0 unspecified atom stereocenters. The molecule has 1 aliphatic heterocycles. The van der Waals surface area contributed by atoms with Crippen LogP contribution < -0.4 is 5.32 Å². The molecule has 4 rings (SSSR count). The molecule has 2 atom stereocenters. The maximum Gasteiger partial charge on any atom is 0.257 e. The molecule has 164 valence electrons. The molecule has 0 radical (unpaired) electrons. The van der Waals surface area contributed by atoms with Crippen molar-refractivity contribution in [3.05, 3.63) is 18.0 Å². The van der Waals surface area contributed by atoms with Crippen molar-refractivity contribution in [2.24, 2.45) is 5.92 Å². The van der Waals surface area contributed by atoms with E-state index in [0.717, 1.165) is 42.7 Å². The van der Waals surface area contributed by atoms with Crippen LogP contribution >= 0.6 is 0 Å². The first-order chi connectivity index (χ1) is 14.6. The summed E-state index contributed by atoms with van der Waals surface area (Å²) < 4.78 is 7.26. The van der Waals surface area contributed by atoms with Crippen molar-refractivity contribution < 1.29 is 9.53 Å². The van der Waals surface area contributed by atoms with Gasteiger partial charge in [0.25, 0.3) is 5.91 Å². The first kappa shape index (κ1) is 21.1. The van der Waals surface area contributed by atoms with E-state index in [1.54, 1.807) is 13.3 Å². The molecule has 1 aliphatic carbocycles. The van der Waals surface area contributed by atoms with Crippen molar-refractivity contribution >= 4 is 22.6 Å². The van der Waals surface area contributed by atoms with Crippen molar-refractivity contribution in [1.29, 1.82) is 0 Å². The van der Waals surface area contributed by atoms with E-state index in [4.69, 9.17) is 4.74 Å². The molecule has 7 nitrogen and oxygen atoms in total. The van der Waals surface area contributed by atoms with Gasteiger partial charge in [0.2, 0.25) is 0 Å². The molecule has 0 bridgehead atoms. The monoisotopic (exact) mass is 413 g/mol. The minimum absolute atomic E-state index is 0.0477. The van der Waals surface area contributed by atoms with E-state index >= 15 is 0 Å². The smallest absolute Gasteiger partial charge is 0.257 e. The van der Waals surface area contributed by atoms with Gasteiger partial charge in [-0.15, -0.1) is 0 Å². The molecule has 1 saturated carbocycles. The van der Waals surface area contributed by atoms with Crippen LogP contribution in [0.15, 0.2) is 12.4 Å². The number of hydrogen-bond acceptors (Lipinski definition) is 5. The van der Waals surface area contributed by atoms with Gasteiger partial charge >= 0.3 is 0 Å². The number of aromatic nitrogens is 3. The summed E-state index contributed by atoms with van der Waals surface area (Å²) in [4.78, 5) is 20.2. The van der Waals surface area contributed by atoms with Gasteiger partial charge in [-0.1, -0.05) is 19.3 Å². The van der Waals surface area contributed by atoms with E-state index in [-0.39, 0.29) is 11.9 Å². The Morgan fingerprint density at radius 1 is 1.23 bits per heavy atom. The molecule has 1 saturated heterocycles. The minimum Gasteiger partial charge on any atom is -0.383 e. The molecule has 0 spiro atoms. The summed E-state index contributed by atoms with van der Waals surface area (Å²) in [5, 5.41) is 9.18. The van der Waals surface area contributed by atoms with Gasteiger partial charge in [0.1, 0.15) is 0 Å². The topological polar surface area (TPSA) is 72.3 Å². The lowest BCUT2D eigenvalue weighted by Crippen LogP contribution is -2.39. The highest BCUT2D eigenvalue weighted by molar-refractivity contribution is 6.06. The summed E-state index contributed by atoms with van der Waals surface area (Å²) in [5.41, 5.74) is 2.39. The van der Waals surface area contributed by atoms with Crippen LogP contribution in [0.5, 0.6) is 0 Å². The largest absolute Gasteiger partial charge is 0.383 e. The summed E-state index contributed by atoms with van der Waals surface area (Å²) in [5.74, 6) is 0.686. The third kappa shape index (κ3) is 4.04. The second kappa shape index (κ2) is 9.33. The Hall–Kier alpha value is -2.15. The van der Waals surface area contributed by atoms with Crippen molar-refractivity contribution in [2.75, 3.05) is 25.6 Å². The molecule has 1 N–H and O–H groups in total. The Kier molecular flexibility index (Phi) is 6.56. The van der Waals surface area contributed by atoms with E-state index < -0.39 is 0 Å². The molecule has 2 aromatic heterocycles. The maximum absolute atomic E-state index is 13.6. The van der Waals surface area contributed by atoms with Gasteiger partial charge in [-0.25, -0.2) is 9.67 Å². The molecule has 2 fully saturated rings. The number of methoxy groups -OCH3 is 1. The average Bonchev–Trinajstić information content (AvgIpc) is 3.41. The second-order valence-electron chi connectivity index (χ2n) is 8.83. The van der Waals surface area contributed by atoms with Gasteiger partial charge in [-0.05, 0) is 45.4 Å². The molecule has 7 heteroatoms. The molecule has 2 aliphatic rings. The minimum atomic E-state index is 0.0477. The van der Waals surface area contributed by atoms with Crippen LogP contribution in [0.3, 0.4) is 0 Å². The maximum atomic E-state index is 13.6. The highest BCUT2D eigenvalue weighted by Gasteiger charge is 2.32. The number of amides is 1. The van der Waals surface area contributed by atoms with Crippen molar-refractivity contribution in [3.8, 4) is 0 Å². The van der Waals surface area contributed by atoms with Gasteiger partial charge in [-0.3, -0.25) is 4.79 Å². The molecule has 30 heavy (non-hydrogen) atoms. The zero-order chi connectivity index (χ0) is 21.1. The summed E-state index contributed by atoms with van der Waals surface area (Å²) >= 11 is 0. The number of rotatable bonds is 7. The summed E-state index contributed by atoms with van der Waals surface area (Å²) in [7, 11) is 1.70. The Morgan fingerprint density at radius 3 is 2.77 bits per heavy atom. The van der Waals surface area contributed by atoms with E-state index in [9.17, 15) is 4.79 Å². The number of hydrogen-bond donors (Lipinski definition) is 1. The number of fused-ring (bicyclic) bond motifs is 1. The lowest BCUT2D eigenvalue weighted by atomic mass is 9.84. The van der Waals surface area contributed by atoms with Crippen molar-refractivity contribution in [2.45, 2.75) is 77.4 Å². The Morgan fingerprint density at radius 2 is 2.03 bits per heavy atom. The predicted octanol–water partition coefficient (Wildman–Crippen LogP) is 4.08. The van der Waals surface area contributed by atoms with Crippen molar-refractivity contribution in [3.63, 3.8) is 0 Å². The van der Waals surface area contributed by atoms with Crippen LogP contribution in [-0.2, 0) is 11.3 Å². The van der Waals surface area contributed by atoms with Crippen LogP contribution in [0, 0.1) is 5.92 Å². The lowest BCUT2D eigenvalue weighted by Gasteiger charge is -2.30. The van der Waals surface area contributed by atoms with Gasteiger partial charge in [0.05, 0.1) is 35.5 Å². The first-order valence-electron chi connectivity index (χ1n) is 11.5. The number of pyridine rings is 1. The SMILES string of the molecule is CCn1ncc2c(N[C@H](C)C3CCCCC3)c(C(=O)N3CCC[C@H]3COC)cnc21. The highest BCUT2D eigenvalue weighted by Crippen LogP contribution is 2.33. The summed E-state index contributed by atoms with van der Waals surface area (Å²) in [6.45, 7) is 6.42. The number of ether oxygens (including phenoxy) is 1. The fourth-order valence-electron chi connectivity index (χ4n) is 5.18. The van der Waals surface area contributed by atoms with Crippen LogP contribution in [0.4, 0.5) is 5.69 Å². The van der Waals surface area contributed by atoms with Gasteiger partial charge in [0.15, 0.2) is 5.65 Å². The van der Waals surface area contributed by atoms with Crippen LogP contribution in [-0.4, -0.2) is 57.9 Å². The third-order valence-electron chi connectivity index (χ3n) is 6.92. The Bertz CT molecular complexity index is 874. The van der Waals surface area contributed by atoms with Gasteiger partial charge in [0, 0.05) is 32.4 Å². The summed E-state index contributed by atoms with van der Waals surface area (Å²) in [6, 6.07) is 0.445. The van der Waals surface area contributed by atoms with Crippen molar-refractivity contribution in [1.82, 2.24) is 19.7 Å². The van der Waals surface area contributed by atoms with E-state index in [0.29, 0.717) is 24.1 Å². The fraction of sp³-hybridized carbons (Fsp3) is 0.696.